The first-order valence-electron chi connectivity index (χ1n) is 11.3. The number of amides is 2. The number of anilines is 3. The van der Waals surface area contributed by atoms with Crippen LogP contribution >= 0.6 is 0 Å². The summed E-state index contributed by atoms with van der Waals surface area (Å²) in [6.45, 7) is 1.54. The minimum atomic E-state index is -4.54. The largest absolute Gasteiger partial charge is 0.490 e. The Balaban J connectivity index is 1.65. The summed E-state index contributed by atoms with van der Waals surface area (Å²) in [6, 6.07) is 14.2. The number of nitro groups is 1. The van der Waals surface area contributed by atoms with Gasteiger partial charge in [0.1, 0.15) is 6.54 Å². The minimum absolute atomic E-state index is 0.0907. The molecule has 9 nitrogen and oxygen atoms in total. The Morgan fingerprint density at radius 2 is 1.66 bits per heavy atom. The third-order valence-corrected chi connectivity index (χ3v) is 6.25. The number of halogens is 3. The molecule has 0 bridgehead atoms. The van der Waals surface area contributed by atoms with Crippen molar-refractivity contribution >= 4 is 34.6 Å². The molecule has 1 heterocycles. The second-order valence-corrected chi connectivity index (χ2v) is 9.17. The van der Waals surface area contributed by atoms with Crippen molar-refractivity contribution in [2.75, 3.05) is 24.3 Å². The summed E-state index contributed by atoms with van der Waals surface area (Å²) >= 11 is 0. The second kappa shape index (κ2) is 9.69. The van der Waals surface area contributed by atoms with E-state index in [9.17, 15) is 32.9 Å². The molecule has 3 aromatic rings. The highest BCUT2D eigenvalue weighted by molar-refractivity contribution is 6.12. The number of benzene rings is 3. The van der Waals surface area contributed by atoms with E-state index >= 15 is 0 Å². The molecule has 2 amide bonds. The van der Waals surface area contributed by atoms with Gasteiger partial charge in [0.25, 0.3) is 5.91 Å². The van der Waals surface area contributed by atoms with Crippen molar-refractivity contribution in [1.82, 2.24) is 5.32 Å². The van der Waals surface area contributed by atoms with Crippen molar-refractivity contribution in [2.45, 2.75) is 25.4 Å². The molecule has 0 saturated carbocycles. The maximum atomic E-state index is 13.0. The van der Waals surface area contributed by atoms with Gasteiger partial charge in [0, 0.05) is 6.07 Å². The highest BCUT2D eigenvalue weighted by Gasteiger charge is 2.35. The van der Waals surface area contributed by atoms with Crippen LogP contribution in [-0.2, 0) is 10.2 Å². The predicted octanol–water partition coefficient (Wildman–Crippen LogP) is 5.54. The molecule has 3 N–H and O–H groups in total. The number of rotatable bonds is 6. The second-order valence-electron chi connectivity index (χ2n) is 9.17. The number of fused-ring (bicyclic) bond motifs is 2. The normalized spacial score (nSPS) is 12.8. The van der Waals surface area contributed by atoms with Gasteiger partial charge in [0.05, 0.1) is 40.1 Å². The maximum absolute atomic E-state index is 13.0. The van der Waals surface area contributed by atoms with Crippen molar-refractivity contribution in [3.8, 4) is 16.9 Å². The number of methoxy groups -OCH3 is 1. The first-order chi connectivity index (χ1) is 17.8. The van der Waals surface area contributed by atoms with Crippen molar-refractivity contribution in [1.29, 1.82) is 0 Å². The molecule has 1 aliphatic heterocycles. The molecule has 0 aliphatic carbocycles. The molecule has 0 atom stereocenters. The summed E-state index contributed by atoms with van der Waals surface area (Å²) in [6.07, 6.45) is -4.54. The molecule has 0 saturated heterocycles. The molecular weight excluding hydrogens is 505 g/mol. The Kier molecular flexibility index (Phi) is 6.75. The van der Waals surface area contributed by atoms with E-state index in [1.165, 1.54) is 33.1 Å². The fourth-order valence-corrected chi connectivity index (χ4v) is 4.05. The number of carbonyl (C=O) groups excluding carboxylic acids is 2. The van der Waals surface area contributed by atoms with Crippen LogP contribution in [0.1, 0.15) is 29.8 Å². The molecule has 198 valence electrons. The van der Waals surface area contributed by atoms with Crippen LogP contribution in [-0.4, -0.2) is 36.6 Å². The van der Waals surface area contributed by atoms with Gasteiger partial charge in [-0.15, -0.1) is 0 Å². The van der Waals surface area contributed by atoms with Crippen LogP contribution in [0.4, 0.5) is 35.9 Å². The molecule has 38 heavy (non-hydrogen) atoms. The lowest BCUT2D eigenvalue weighted by molar-refractivity contribution is -0.385. The summed E-state index contributed by atoms with van der Waals surface area (Å²) in [7, 11) is 1.33. The van der Waals surface area contributed by atoms with Gasteiger partial charge < -0.3 is 20.7 Å². The number of hydrogen-bond donors (Lipinski definition) is 3. The monoisotopic (exact) mass is 528 g/mol. The topological polar surface area (TPSA) is 123 Å². The third kappa shape index (κ3) is 5.24. The molecule has 0 spiro atoms. The highest BCUT2D eigenvalue weighted by Crippen LogP contribution is 2.38. The van der Waals surface area contributed by atoms with Crippen molar-refractivity contribution in [2.24, 2.45) is 0 Å². The van der Waals surface area contributed by atoms with E-state index in [2.05, 4.69) is 10.6 Å². The zero-order valence-electron chi connectivity index (χ0n) is 20.5. The first kappa shape index (κ1) is 26.5. The van der Waals surface area contributed by atoms with Crippen LogP contribution in [0.25, 0.3) is 11.1 Å². The predicted molar refractivity (Wildman–Crippen MR) is 135 cm³/mol. The lowest BCUT2D eigenvalue weighted by Gasteiger charge is -2.25. The molecule has 0 radical (unpaired) electrons. The van der Waals surface area contributed by atoms with Crippen molar-refractivity contribution in [3.05, 3.63) is 75.8 Å². The SMILES string of the molecule is COc1cc(-c2ccc3c(c2)Nc2ccc(C(C)(C)C(=O)NCC(F)(F)F)cc2NC3=O)ccc1[N+](=O)[O-]. The average Bonchev–Trinajstić information content (AvgIpc) is 3.00. The van der Waals surface area contributed by atoms with Gasteiger partial charge in [0.2, 0.25) is 5.91 Å². The summed E-state index contributed by atoms with van der Waals surface area (Å²) in [5, 5.41) is 19.1. The summed E-state index contributed by atoms with van der Waals surface area (Å²) in [4.78, 5) is 36.2. The summed E-state index contributed by atoms with van der Waals surface area (Å²) < 4.78 is 42.9. The van der Waals surface area contributed by atoms with E-state index in [0.717, 1.165) is 0 Å². The Labute approximate surface area is 215 Å². The Hall–Kier alpha value is -4.61. The van der Waals surface area contributed by atoms with E-state index in [0.29, 0.717) is 39.3 Å². The molecule has 0 aromatic heterocycles. The molecule has 1 aliphatic rings. The molecule has 4 rings (SSSR count). The van der Waals surface area contributed by atoms with Crippen LogP contribution in [0.15, 0.2) is 54.6 Å². The number of hydrogen-bond acceptors (Lipinski definition) is 6. The van der Waals surface area contributed by atoms with Gasteiger partial charge in [0.15, 0.2) is 5.75 Å². The third-order valence-electron chi connectivity index (χ3n) is 6.25. The first-order valence-corrected chi connectivity index (χ1v) is 11.3. The average molecular weight is 528 g/mol. The quantitative estimate of drug-likeness (QED) is 0.285. The Morgan fingerprint density at radius 1 is 0.974 bits per heavy atom. The van der Waals surface area contributed by atoms with Crippen LogP contribution in [0, 0.1) is 10.1 Å². The summed E-state index contributed by atoms with van der Waals surface area (Å²) in [5.41, 5.74) is 1.85. The fourth-order valence-electron chi connectivity index (χ4n) is 4.05. The van der Waals surface area contributed by atoms with Crippen LogP contribution < -0.4 is 20.7 Å². The van der Waals surface area contributed by atoms with Crippen LogP contribution in [0.5, 0.6) is 5.75 Å². The molecule has 0 fully saturated rings. The van der Waals surface area contributed by atoms with Crippen molar-refractivity contribution in [3.63, 3.8) is 0 Å². The van der Waals surface area contributed by atoms with E-state index < -0.39 is 34.9 Å². The standard InChI is InChI=1S/C26H23F3N4O5/c1-25(2,24(35)30-13-26(27,28)29)16-6-8-18-20(12-16)32-23(34)17-7-4-14(10-19(17)31-18)15-5-9-21(33(36)37)22(11-15)38-3/h4-12,31H,13H2,1-3H3,(H,30,35)(H,32,34). The number of carbonyl (C=O) groups is 2. The van der Waals surface area contributed by atoms with Gasteiger partial charge in [-0.25, -0.2) is 0 Å². The molecule has 0 unspecified atom stereocenters. The Morgan fingerprint density at radius 3 is 2.32 bits per heavy atom. The minimum Gasteiger partial charge on any atom is -0.490 e. The van der Waals surface area contributed by atoms with Gasteiger partial charge in [-0.2, -0.15) is 13.2 Å². The smallest absolute Gasteiger partial charge is 0.405 e. The van der Waals surface area contributed by atoms with Crippen LogP contribution in [0.2, 0.25) is 0 Å². The van der Waals surface area contributed by atoms with E-state index in [4.69, 9.17) is 4.74 Å². The fraction of sp³-hybridized carbons (Fsp3) is 0.231. The van der Waals surface area contributed by atoms with Gasteiger partial charge in [-0.05, 0) is 66.9 Å². The zero-order chi connectivity index (χ0) is 27.8. The lowest BCUT2D eigenvalue weighted by Crippen LogP contribution is -2.44. The van der Waals surface area contributed by atoms with E-state index in [1.54, 1.807) is 42.5 Å². The lowest BCUT2D eigenvalue weighted by atomic mass is 9.83. The van der Waals surface area contributed by atoms with Crippen LogP contribution in [0.3, 0.4) is 0 Å². The number of nitrogens with one attached hydrogen (secondary N) is 3. The Bertz CT molecular complexity index is 1450. The molecular formula is C26H23F3N4O5. The zero-order valence-corrected chi connectivity index (χ0v) is 20.5. The number of ether oxygens (including phenoxy) is 1. The number of nitro benzene ring substituents is 1. The van der Waals surface area contributed by atoms with E-state index in [-0.39, 0.29) is 11.4 Å². The maximum Gasteiger partial charge on any atom is 0.405 e. The number of alkyl halides is 3. The van der Waals surface area contributed by atoms with Gasteiger partial charge in [-0.3, -0.25) is 19.7 Å². The van der Waals surface area contributed by atoms with Crippen molar-refractivity contribution < 1.29 is 32.4 Å². The highest BCUT2D eigenvalue weighted by atomic mass is 19.4. The van der Waals surface area contributed by atoms with Gasteiger partial charge >= 0.3 is 11.9 Å². The molecule has 3 aromatic carbocycles. The summed E-state index contributed by atoms with van der Waals surface area (Å²) in [5.74, 6) is -1.15. The van der Waals surface area contributed by atoms with Gasteiger partial charge in [-0.1, -0.05) is 12.1 Å². The molecule has 12 heteroatoms. The number of nitrogens with zero attached hydrogens (tertiary/aromatic N) is 1. The van der Waals surface area contributed by atoms with E-state index in [1.807, 2.05) is 5.32 Å².